The third kappa shape index (κ3) is 5.47. The van der Waals surface area contributed by atoms with Gasteiger partial charge in [-0.05, 0) is 25.3 Å². The van der Waals surface area contributed by atoms with Crippen LogP contribution in [-0.4, -0.2) is 50.2 Å². The average Bonchev–Trinajstić information content (AvgIpc) is 2.52. The van der Waals surface area contributed by atoms with Gasteiger partial charge in [0.05, 0.1) is 0 Å². The highest BCUT2D eigenvalue weighted by atomic mass is 16.5. The van der Waals surface area contributed by atoms with Crippen molar-refractivity contribution in [1.82, 2.24) is 10.2 Å². The molecule has 0 saturated carbocycles. The molecule has 1 fully saturated rings. The van der Waals surface area contributed by atoms with E-state index in [0.29, 0.717) is 12.5 Å². The molecule has 0 aliphatic carbocycles. The van der Waals surface area contributed by atoms with E-state index >= 15 is 0 Å². The van der Waals surface area contributed by atoms with Gasteiger partial charge >= 0.3 is 0 Å². The zero-order valence-corrected chi connectivity index (χ0v) is 10.5. The van der Waals surface area contributed by atoms with E-state index in [1.165, 1.54) is 0 Å². The van der Waals surface area contributed by atoms with E-state index < -0.39 is 0 Å². The number of nitrogens with zero attached hydrogens (tertiary/aromatic N) is 1. The number of ether oxygens (including phenoxy) is 1. The van der Waals surface area contributed by atoms with Gasteiger partial charge in [0.2, 0.25) is 5.91 Å². The van der Waals surface area contributed by atoms with Gasteiger partial charge < -0.3 is 15.0 Å². The summed E-state index contributed by atoms with van der Waals surface area (Å²) in [6.45, 7) is 8.83. The molecular weight excluding hydrogens is 204 g/mol. The SMILES string of the molecule is CC(C)CCOCC(=O)N1CCCNCC1. The minimum absolute atomic E-state index is 0.132. The maximum Gasteiger partial charge on any atom is 0.248 e. The molecule has 0 unspecified atom stereocenters. The van der Waals surface area contributed by atoms with Crippen molar-refractivity contribution in [2.75, 3.05) is 39.4 Å². The summed E-state index contributed by atoms with van der Waals surface area (Å²) in [4.78, 5) is 13.7. The smallest absolute Gasteiger partial charge is 0.248 e. The summed E-state index contributed by atoms with van der Waals surface area (Å²) in [6.07, 6.45) is 2.06. The lowest BCUT2D eigenvalue weighted by Gasteiger charge is -2.19. The molecule has 0 aromatic rings. The van der Waals surface area contributed by atoms with Gasteiger partial charge in [0, 0.05) is 26.2 Å². The molecule has 0 spiro atoms. The van der Waals surface area contributed by atoms with Gasteiger partial charge in [-0.3, -0.25) is 4.79 Å². The summed E-state index contributed by atoms with van der Waals surface area (Å²) in [5, 5.41) is 3.28. The number of hydrogen-bond donors (Lipinski definition) is 1. The molecule has 4 heteroatoms. The summed E-state index contributed by atoms with van der Waals surface area (Å²) < 4.78 is 5.39. The van der Waals surface area contributed by atoms with E-state index in [1.807, 2.05) is 4.90 Å². The first-order valence-electron chi connectivity index (χ1n) is 6.26. The lowest BCUT2D eigenvalue weighted by molar-refractivity contribution is -0.136. The first-order valence-corrected chi connectivity index (χ1v) is 6.26. The first kappa shape index (κ1) is 13.5. The summed E-state index contributed by atoms with van der Waals surface area (Å²) in [5.41, 5.74) is 0. The Morgan fingerprint density at radius 2 is 2.19 bits per heavy atom. The Morgan fingerprint density at radius 3 is 2.94 bits per heavy atom. The van der Waals surface area contributed by atoms with Crippen LogP contribution in [-0.2, 0) is 9.53 Å². The van der Waals surface area contributed by atoms with Crippen molar-refractivity contribution >= 4 is 5.91 Å². The second-order valence-electron chi connectivity index (χ2n) is 4.72. The van der Waals surface area contributed by atoms with E-state index in [1.54, 1.807) is 0 Å². The van der Waals surface area contributed by atoms with Gasteiger partial charge in [0.25, 0.3) is 0 Å². The summed E-state index contributed by atoms with van der Waals surface area (Å²) >= 11 is 0. The molecule has 1 amide bonds. The van der Waals surface area contributed by atoms with Crippen LogP contribution in [0.4, 0.5) is 0 Å². The van der Waals surface area contributed by atoms with Crippen molar-refractivity contribution in [2.24, 2.45) is 5.92 Å². The second kappa shape index (κ2) is 7.63. The van der Waals surface area contributed by atoms with Crippen LogP contribution in [0.2, 0.25) is 0 Å². The van der Waals surface area contributed by atoms with Gasteiger partial charge in [-0.15, -0.1) is 0 Å². The summed E-state index contributed by atoms with van der Waals surface area (Å²) in [5.74, 6) is 0.768. The molecule has 1 saturated heterocycles. The van der Waals surface area contributed by atoms with Crippen LogP contribution in [0.5, 0.6) is 0 Å². The molecule has 1 aliphatic heterocycles. The fraction of sp³-hybridized carbons (Fsp3) is 0.917. The summed E-state index contributed by atoms with van der Waals surface area (Å²) in [6, 6.07) is 0. The molecule has 0 radical (unpaired) electrons. The minimum atomic E-state index is 0.132. The van der Waals surface area contributed by atoms with Crippen molar-refractivity contribution in [3.63, 3.8) is 0 Å². The van der Waals surface area contributed by atoms with Gasteiger partial charge in [0.15, 0.2) is 0 Å². The summed E-state index contributed by atoms with van der Waals surface area (Å²) in [7, 11) is 0. The van der Waals surface area contributed by atoms with Crippen LogP contribution in [0.25, 0.3) is 0 Å². The molecule has 16 heavy (non-hydrogen) atoms. The Hall–Kier alpha value is -0.610. The Kier molecular flexibility index (Phi) is 6.42. The Labute approximate surface area is 98.3 Å². The predicted molar refractivity (Wildman–Crippen MR) is 64.3 cm³/mol. The third-order valence-corrected chi connectivity index (χ3v) is 2.76. The molecule has 0 aromatic carbocycles. The maximum atomic E-state index is 11.8. The molecule has 1 heterocycles. The van der Waals surface area contributed by atoms with E-state index in [4.69, 9.17) is 4.74 Å². The standard InChI is InChI=1S/C12H24N2O2/c1-11(2)4-9-16-10-12(15)14-7-3-5-13-6-8-14/h11,13H,3-10H2,1-2H3. The number of amides is 1. The predicted octanol–water partition coefficient (Wildman–Crippen LogP) is 0.871. The Morgan fingerprint density at radius 1 is 1.38 bits per heavy atom. The molecule has 1 aliphatic rings. The van der Waals surface area contributed by atoms with E-state index in [-0.39, 0.29) is 12.5 Å². The van der Waals surface area contributed by atoms with Gasteiger partial charge in [-0.2, -0.15) is 0 Å². The second-order valence-corrected chi connectivity index (χ2v) is 4.72. The Balaban J connectivity index is 2.13. The highest BCUT2D eigenvalue weighted by molar-refractivity contribution is 5.77. The normalized spacial score (nSPS) is 17.6. The molecule has 1 rings (SSSR count). The van der Waals surface area contributed by atoms with Crippen LogP contribution in [0.15, 0.2) is 0 Å². The van der Waals surface area contributed by atoms with Gasteiger partial charge in [0.1, 0.15) is 6.61 Å². The van der Waals surface area contributed by atoms with Crippen LogP contribution in [0.1, 0.15) is 26.7 Å². The van der Waals surface area contributed by atoms with Crippen molar-refractivity contribution in [3.05, 3.63) is 0 Å². The van der Waals surface area contributed by atoms with Crippen molar-refractivity contribution in [3.8, 4) is 0 Å². The molecule has 0 bridgehead atoms. The van der Waals surface area contributed by atoms with Crippen molar-refractivity contribution in [2.45, 2.75) is 26.7 Å². The lowest BCUT2D eigenvalue weighted by atomic mass is 10.1. The van der Waals surface area contributed by atoms with E-state index in [0.717, 1.165) is 39.0 Å². The van der Waals surface area contributed by atoms with Crippen molar-refractivity contribution in [1.29, 1.82) is 0 Å². The van der Waals surface area contributed by atoms with Crippen molar-refractivity contribution < 1.29 is 9.53 Å². The molecule has 94 valence electrons. The largest absolute Gasteiger partial charge is 0.372 e. The van der Waals surface area contributed by atoms with Crippen LogP contribution in [0, 0.1) is 5.92 Å². The molecule has 0 aromatic heterocycles. The average molecular weight is 228 g/mol. The molecule has 0 atom stereocenters. The van der Waals surface area contributed by atoms with Crippen LogP contribution in [0.3, 0.4) is 0 Å². The van der Waals surface area contributed by atoms with E-state index in [2.05, 4.69) is 19.2 Å². The lowest BCUT2D eigenvalue weighted by Crippen LogP contribution is -2.36. The van der Waals surface area contributed by atoms with Crippen LogP contribution < -0.4 is 5.32 Å². The number of nitrogens with one attached hydrogen (secondary N) is 1. The number of hydrogen-bond acceptors (Lipinski definition) is 3. The number of carbonyl (C=O) groups excluding carboxylic acids is 1. The zero-order chi connectivity index (χ0) is 11.8. The Bertz CT molecular complexity index is 199. The highest BCUT2D eigenvalue weighted by Crippen LogP contribution is 2.00. The van der Waals surface area contributed by atoms with Crippen LogP contribution >= 0.6 is 0 Å². The molecular formula is C12H24N2O2. The fourth-order valence-corrected chi connectivity index (χ4v) is 1.66. The quantitative estimate of drug-likeness (QED) is 0.710. The monoisotopic (exact) mass is 228 g/mol. The number of carbonyl (C=O) groups is 1. The topological polar surface area (TPSA) is 41.6 Å². The third-order valence-electron chi connectivity index (χ3n) is 2.76. The maximum absolute atomic E-state index is 11.8. The fourth-order valence-electron chi connectivity index (χ4n) is 1.66. The minimum Gasteiger partial charge on any atom is -0.372 e. The van der Waals surface area contributed by atoms with Gasteiger partial charge in [-0.25, -0.2) is 0 Å². The zero-order valence-electron chi connectivity index (χ0n) is 10.5. The van der Waals surface area contributed by atoms with Gasteiger partial charge in [-0.1, -0.05) is 13.8 Å². The molecule has 1 N–H and O–H groups in total. The molecule has 4 nitrogen and oxygen atoms in total. The van der Waals surface area contributed by atoms with E-state index in [9.17, 15) is 4.79 Å². The highest BCUT2D eigenvalue weighted by Gasteiger charge is 2.14. The first-order chi connectivity index (χ1) is 7.70. The number of rotatable bonds is 5.